The van der Waals surface area contributed by atoms with Crippen molar-refractivity contribution in [1.82, 2.24) is 19.8 Å². The van der Waals surface area contributed by atoms with Crippen LogP contribution in [-0.2, 0) is 4.79 Å². The van der Waals surface area contributed by atoms with Gasteiger partial charge in [0.1, 0.15) is 5.82 Å². The van der Waals surface area contributed by atoms with Gasteiger partial charge in [-0.05, 0) is 31.9 Å². The van der Waals surface area contributed by atoms with Crippen LogP contribution in [0, 0.1) is 12.8 Å². The molecule has 2 fully saturated rings. The maximum atomic E-state index is 13.0. The van der Waals surface area contributed by atoms with Crippen LogP contribution >= 0.6 is 0 Å². The van der Waals surface area contributed by atoms with Gasteiger partial charge in [0.05, 0.1) is 6.20 Å². The molecule has 29 heavy (non-hydrogen) atoms. The minimum Gasteiger partial charge on any atom is -0.355 e. The van der Waals surface area contributed by atoms with Gasteiger partial charge in [-0.3, -0.25) is 14.6 Å². The maximum absolute atomic E-state index is 13.0. The lowest BCUT2D eigenvalue weighted by Gasteiger charge is -2.38. The first kappa shape index (κ1) is 19.4. The fraction of sp³-hybridized carbons (Fsp3) is 0.455. The van der Waals surface area contributed by atoms with Crippen molar-refractivity contribution in [3.8, 4) is 0 Å². The molecule has 0 spiro atoms. The molecule has 0 bridgehead atoms. The Balaban J connectivity index is 1.27. The van der Waals surface area contributed by atoms with Crippen LogP contribution in [0.15, 0.2) is 42.9 Å². The van der Waals surface area contributed by atoms with Crippen LogP contribution in [0.4, 0.5) is 5.82 Å². The van der Waals surface area contributed by atoms with Gasteiger partial charge in [0.25, 0.3) is 5.91 Å². The molecule has 2 amide bonds. The van der Waals surface area contributed by atoms with Crippen LogP contribution in [0.1, 0.15) is 28.8 Å². The van der Waals surface area contributed by atoms with E-state index in [-0.39, 0.29) is 17.7 Å². The van der Waals surface area contributed by atoms with Gasteiger partial charge in [-0.1, -0.05) is 17.7 Å². The molecule has 2 saturated heterocycles. The molecular formula is C22H27N5O2. The molecule has 0 radical (unpaired) electrons. The van der Waals surface area contributed by atoms with Crippen LogP contribution in [0.3, 0.4) is 0 Å². The van der Waals surface area contributed by atoms with Crippen LogP contribution < -0.4 is 4.90 Å². The summed E-state index contributed by atoms with van der Waals surface area (Å²) in [4.78, 5) is 40.1. The van der Waals surface area contributed by atoms with E-state index in [1.165, 1.54) is 0 Å². The molecule has 0 saturated carbocycles. The van der Waals surface area contributed by atoms with Crippen molar-refractivity contribution in [3.63, 3.8) is 0 Å². The topological polar surface area (TPSA) is 69.6 Å². The smallest absolute Gasteiger partial charge is 0.253 e. The fourth-order valence-electron chi connectivity index (χ4n) is 4.08. The first-order valence-electron chi connectivity index (χ1n) is 10.3. The number of piperazine rings is 1. The van der Waals surface area contributed by atoms with E-state index in [2.05, 4.69) is 14.9 Å². The summed E-state index contributed by atoms with van der Waals surface area (Å²) in [5.74, 6) is 1.21. The Morgan fingerprint density at radius 2 is 1.55 bits per heavy atom. The quantitative estimate of drug-likeness (QED) is 0.798. The van der Waals surface area contributed by atoms with Gasteiger partial charge >= 0.3 is 0 Å². The lowest BCUT2D eigenvalue weighted by Crippen LogP contribution is -2.53. The Hall–Kier alpha value is -2.96. The van der Waals surface area contributed by atoms with Gasteiger partial charge in [0.15, 0.2) is 0 Å². The van der Waals surface area contributed by atoms with E-state index in [9.17, 15) is 9.59 Å². The number of piperidine rings is 1. The first-order chi connectivity index (χ1) is 14.1. The van der Waals surface area contributed by atoms with Crippen molar-refractivity contribution in [2.45, 2.75) is 19.8 Å². The van der Waals surface area contributed by atoms with Crippen LogP contribution in [0.5, 0.6) is 0 Å². The largest absolute Gasteiger partial charge is 0.355 e. The predicted octanol–water partition coefficient (Wildman–Crippen LogP) is 1.99. The predicted molar refractivity (Wildman–Crippen MR) is 111 cm³/mol. The van der Waals surface area contributed by atoms with Crippen LogP contribution in [0.25, 0.3) is 0 Å². The molecule has 1 aromatic carbocycles. The summed E-state index contributed by atoms with van der Waals surface area (Å²) in [7, 11) is 0. The van der Waals surface area contributed by atoms with Crippen LogP contribution in [-0.4, -0.2) is 70.9 Å². The van der Waals surface area contributed by atoms with Gasteiger partial charge in [0.2, 0.25) is 5.91 Å². The normalized spacial score (nSPS) is 18.0. The molecule has 1 aromatic heterocycles. The highest BCUT2D eigenvalue weighted by molar-refractivity contribution is 5.94. The molecule has 3 heterocycles. The molecule has 152 valence electrons. The third-order valence-corrected chi connectivity index (χ3v) is 5.89. The molecule has 7 nitrogen and oxygen atoms in total. The van der Waals surface area contributed by atoms with E-state index in [4.69, 9.17) is 0 Å². The van der Waals surface area contributed by atoms with Crippen molar-refractivity contribution in [1.29, 1.82) is 0 Å². The van der Waals surface area contributed by atoms with E-state index >= 15 is 0 Å². The second-order valence-corrected chi connectivity index (χ2v) is 7.81. The number of nitrogens with zero attached hydrogens (tertiary/aromatic N) is 5. The second-order valence-electron chi connectivity index (χ2n) is 7.81. The Kier molecular flexibility index (Phi) is 5.74. The average molecular weight is 393 g/mol. The number of amides is 2. The highest BCUT2D eigenvalue weighted by Gasteiger charge is 2.31. The summed E-state index contributed by atoms with van der Waals surface area (Å²) in [6.07, 6.45) is 6.80. The summed E-state index contributed by atoms with van der Waals surface area (Å²) in [6, 6.07) is 7.67. The zero-order valence-corrected chi connectivity index (χ0v) is 16.8. The zero-order valence-electron chi connectivity index (χ0n) is 16.8. The molecule has 2 aromatic rings. The van der Waals surface area contributed by atoms with Crippen molar-refractivity contribution in [3.05, 3.63) is 54.0 Å². The Morgan fingerprint density at radius 1 is 0.897 bits per heavy atom. The second kappa shape index (κ2) is 8.59. The number of hydrogen-bond acceptors (Lipinski definition) is 5. The number of aryl methyl sites for hydroxylation is 1. The monoisotopic (exact) mass is 393 g/mol. The minimum absolute atomic E-state index is 0.0503. The number of benzene rings is 1. The van der Waals surface area contributed by atoms with E-state index in [0.717, 1.165) is 37.3 Å². The molecule has 0 N–H and O–H groups in total. The number of aromatic nitrogens is 2. The summed E-state index contributed by atoms with van der Waals surface area (Å²) < 4.78 is 0. The highest BCUT2D eigenvalue weighted by atomic mass is 16.2. The van der Waals surface area contributed by atoms with Gasteiger partial charge in [0, 0.05) is 63.1 Å². The molecule has 0 unspecified atom stereocenters. The van der Waals surface area contributed by atoms with Crippen molar-refractivity contribution < 1.29 is 9.59 Å². The van der Waals surface area contributed by atoms with Crippen molar-refractivity contribution in [2.75, 3.05) is 44.2 Å². The number of carbonyl (C=O) groups is 2. The van der Waals surface area contributed by atoms with E-state index in [1.807, 2.05) is 41.0 Å². The zero-order chi connectivity index (χ0) is 20.2. The van der Waals surface area contributed by atoms with Gasteiger partial charge in [-0.25, -0.2) is 4.98 Å². The summed E-state index contributed by atoms with van der Waals surface area (Å²) in [5.41, 5.74) is 1.86. The average Bonchev–Trinajstić information content (AvgIpc) is 2.79. The lowest BCUT2D eigenvalue weighted by atomic mass is 9.95. The minimum atomic E-state index is 0.0503. The standard InChI is InChI=1S/C22H27N5O2/c1-17-2-4-18(5-3-17)21(28)26-12-14-27(15-13-26)22(29)19-6-10-25(11-7-19)20-16-23-8-9-24-20/h2-5,8-9,16,19H,6-7,10-15H2,1H3. The first-order valence-corrected chi connectivity index (χ1v) is 10.3. The lowest BCUT2D eigenvalue weighted by molar-refractivity contribution is -0.137. The fourth-order valence-corrected chi connectivity index (χ4v) is 4.08. The molecule has 2 aliphatic heterocycles. The van der Waals surface area contributed by atoms with E-state index < -0.39 is 0 Å². The van der Waals surface area contributed by atoms with E-state index in [1.54, 1.807) is 18.6 Å². The third-order valence-electron chi connectivity index (χ3n) is 5.89. The number of carbonyl (C=O) groups excluding carboxylic acids is 2. The number of hydrogen-bond donors (Lipinski definition) is 0. The Labute approximate surface area is 171 Å². The SMILES string of the molecule is Cc1ccc(C(=O)N2CCN(C(=O)C3CCN(c4cnccn4)CC3)CC2)cc1. The van der Waals surface area contributed by atoms with Gasteiger partial charge in [-0.15, -0.1) is 0 Å². The summed E-state index contributed by atoms with van der Waals surface area (Å²) >= 11 is 0. The molecular weight excluding hydrogens is 366 g/mol. The molecule has 0 aliphatic carbocycles. The maximum Gasteiger partial charge on any atom is 0.253 e. The van der Waals surface area contributed by atoms with Gasteiger partial charge < -0.3 is 14.7 Å². The molecule has 0 atom stereocenters. The van der Waals surface area contributed by atoms with E-state index in [0.29, 0.717) is 31.7 Å². The number of rotatable bonds is 3. The summed E-state index contributed by atoms with van der Waals surface area (Å²) in [5, 5.41) is 0. The Bertz CT molecular complexity index is 839. The van der Waals surface area contributed by atoms with Crippen LogP contribution in [0.2, 0.25) is 0 Å². The highest BCUT2D eigenvalue weighted by Crippen LogP contribution is 2.23. The molecule has 4 rings (SSSR count). The molecule has 2 aliphatic rings. The van der Waals surface area contributed by atoms with Crippen molar-refractivity contribution >= 4 is 17.6 Å². The summed E-state index contributed by atoms with van der Waals surface area (Å²) in [6.45, 7) is 6.06. The molecule has 7 heteroatoms. The third kappa shape index (κ3) is 4.39. The number of anilines is 1. The Morgan fingerprint density at radius 3 is 2.17 bits per heavy atom. The van der Waals surface area contributed by atoms with Crippen molar-refractivity contribution in [2.24, 2.45) is 5.92 Å². The van der Waals surface area contributed by atoms with Gasteiger partial charge in [-0.2, -0.15) is 0 Å².